The molecule has 0 fully saturated rings. The lowest BCUT2D eigenvalue weighted by Gasteiger charge is -2.10. The molecular weight excluding hydrogens is 330 g/mol. The van der Waals surface area contributed by atoms with Gasteiger partial charge in [-0.1, -0.05) is 36.4 Å². The first-order chi connectivity index (χ1) is 12.7. The Morgan fingerprint density at radius 3 is 2.73 bits per heavy atom. The molecule has 0 saturated carbocycles. The molecule has 4 rings (SSSR count). The number of fused-ring (bicyclic) bond motifs is 1. The van der Waals surface area contributed by atoms with Gasteiger partial charge in [-0.05, 0) is 23.6 Å². The summed E-state index contributed by atoms with van der Waals surface area (Å²) in [6, 6.07) is 18.3. The van der Waals surface area contributed by atoms with E-state index in [-0.39, 0.29) is 18.0 Å². The smallest absolute Gasteiger partial charge is 0.254 e. The highest BCUT2D eigenvalue weighted by molar-refractivity contribution is 6.01. The lowest BCUT2D eigenvalue weighted by molar-refractivity contribution is -0.116. The predicted octanol–water partition coefficient (Wildman–Crippen LogP) is 3.30. The van der Waals surface area contributed by atoms with E-state index in [9.17, 15) is 9.59 Å². The van der Waals surface area contributed by atoms with Crippen molar-refractivity contribution in [3.8, 4) is 11.5 Å². The minimum absolute atomic E-state index is 0.118. The quantitative estimate of drug-likeness (QED) is 0.616. The second-order valence-electron chi connectivity index (χ2n) is 5.79. The highest BCUT2D eigenvalue weighted by atomic mass is 16.3. The summed E-state index contributed by atoms with van der Waals surface area (Å²) >= 11 is 0. The second kappa shape index (κ2) is 6.68. The molecule has 2 aromatic heterocycles. The molecule has 6 nitrogen and oxygen atoms in total. The lowest BCUT2D eigenvalue weighted by atomic mass is 10.1. The number of benzene rings is 2. The number of nitrogens with zero attached hydrogens (tertiary/aromatic N) is 2. The minimum atomic E-state index is -0.320. The van der Waals surface area contributed by atoms with Crippen molar-refractivity contribution in [1.82, 2.24) is 9.55 Å². The molecular formula is C20H15N3O3. The molecule has 0 aliphatic carbocycles. The maximum atomic E-state index is 12.4. The fourth-order valence-electron chi connectivity index (χ4n) is 2.78. The summed E-state index contributed by atoms with van der Waals surface area (Å²) in [7, 11) is 0. The van der Waals surface area contributed by atoms with E-state index in [1.807, 2.05) is 42.5 Å². The summed E-state index contributed by atoms with van der Waals surface area (Å²) in [6.45, 7) is -0.118. The van der Waals surface area contributed by atoms with Crippen LogP contribution < -0.4 is 10.9 Å². The van der Waals surface area contributed by atoms with Crippen LogP contribution in [0.2, 0.25) is 0 Å². The number of carbonyl (C=O) groups excluding carboxylic acids is 1. The Kier molecular flexibility index (Phi) is 4.07. The van der Waals surface area contributed by atoms with Gasteiger partial charge in [0, 0.05) is 17.1 Å². The molecule has 2 heterocycles. The first-order valence-electron chi connectivity index (χ1n) is 8.09. The SMILES string of the molecule is O=C(Cn1cnc(-c2ccco2)cc1=O)Nc1cccc2ccccc12. The van der Waals surface area contributed by atoms with Crippen molar-refractivity contribution in [2.45, 2.75) is 6.54 Å². The van der Waals surface area contributed by atoms with Crippen molar-refractivity contribution >= 4 is 22.4 Å². The molecule has 0 bridgehead atoms. The van der Waals surface area contributed by atoms with Gasteiger partial charge in [-0.25, -0.2) is 4.98 Å². The Hall–Kier alpha value is -3.67. The van der Waals surface area contributed by atoms with Gasteiger partial charge < -0.3 is 9.73 Å². The van der Waals surface area contributed by atoms with Crippen LogP contribution in [0.15, 0.2) is 82.5 Å². The molecule has 0 atom stereocenters. The van der Waals surface area contributed by atoms with Crippen molar-refractivity contribution in [3.63, 3.8) is 0 Å². The number of amides is 1. The van der Waals surface area contributed by atoms with Crippen LogP contribution in [0.1, 0.15) is 0 Å². The van der Waals surface area contributed by atoms with Gasteiger partial charge in [-0.2, -0.15) is 0 Å². The van der Waals surface area contributed by atoms with Crippen LogP contribution in [0, 0.1) is 0 Å². The molecule has 2 aromatic carbocycles. The molecule has 0 radical (unpaired) electrons. The van der Waals surface area contributed by atoms with Crippen LogP contribution in [0.4, 0.5) is 5.69 Å². The summed E-state index contributed by atoms with van der Waals surface area (Å²) in [5.74, 6) is 0.213. The molecule has 128 valence electrons. The van der Waals surface area contributed by atoms with Crippen LogP contribution >= 0.6 is 0 Å². The van der Waals surface area contributed by atoms with E-state index >= 15 is 0 Å². The molecule has 0 spiro atoms. The number of hydrogen-bond donors (Lipinski definition) is 1. The monoisotopic (exact) mass is 345 g/mol. The zero-order valence-electron chi connectivity index (χ0n) is 13.8. The Bertz CT molecular complexity index is 1130. The molecule has 0 saturated heterocycles. The van der Waals surface area contributed by atoms with Crippen molar-refractivity contribution < 1.29 is 9.21 Å². The minimum Gasteiger partial charge on any atom is -0.463 e. The van der Waals surface area contributed by atoms with E-state index in [1.165, 1.54) is 23.2 Å². The van der Waals surface area contributed by atoms with Gasteiger partial charge >= 0.3 is 0 Å². The van der Waals surface area contributed by atoms with Crippen molar-refractivity contribution in [2.24, 2.45) is 0 Å². The van der Waals surface area contributed by atoms with Crippen molar-refractivity contribution in [3.05, 3.63) is 83.6 Å². The van der Waals surface area contributed by atoms with Crippen LogP contribution in [-0.4, -0.2) is 15.5 Å². The summed E-state index contributed by atoms with van der Waals surface area (Å²) in [5.41, 5.74) is 0.825. The van der Waals surface area contributed by atoms with E-state index in [1.54, 1.807) is 12.1 Å². The number of anilines is 1. The molecule has 4 aromatic rings. The van der Waals surface area contributed by atoms with Crippen LogP contribution in [0.25, 0.3) is 22.2 Å². The van der Waals surface area contributed by atoms with Gasteiger partial charge in [-0.15, -0.1) is 0 Å². The van der Waals surface area contributed by atoms with Gasteiger partial charge in [0.05, 0.1) is 12.6 Å². The van der Waals surface area contributed by atoms with E-state index in [0.29, 0.717) is 17.1 Å². The predicted molar refractivity (Wildman–Crippen MR) is 98.8 cm³/mol. The summed E-state index contributed by atoms with van der Waals surface area (Å²) in [6.07, 6.45) is 2.86. The largest absolute Gasteiger partial charge is 0.463 e. The van der Waals surface area contributed by atoms with Crippen LogP contribution in [-0.2, 0) is 11.3 Å². The molecule has 26 heavy (non-hydrogen) atoms. The Balaban J connectivity index is 1.54. The molecule has 0 aliphatic heterocycles. The molecule has 1 amide bonds. The summed E-state index contributed by atoms with van der Waals surface area (Å²) in [5, 5.41) is 4.84. The molecule has 6 heteroatoms. The second-order valence-corrected chi connectivity index (χ2v) is 5.79. The van der Waals surface area contributed by atoms with Gasteiger partial charge in [0.15, 0.2) is 5.76 Å². The highest BCUT2D eigenvalue weighted by Crippen LogP contribution is 2.22. The van der Waals surface area contributed by atoms with Gasteiger partial charge in [0.1, 0.15) is 12.2 Å². The normalized spacial score (nSPS) is 10.8. The van der Waals surface area contributed by atoms with Crippen molar-refractivity contribution in [1.29, 1.82) is 0 Å². The molecule has 0 unspecified atom stereocenters. The van der Waals surface area contributed by atoms with E-state index < -0.39 is 0 Å². The van der Waals surface area contributed by atoms with E-state index in [0.717, 1.165) is 10.8 Å². The van der Waals surface area contributed by atoms with Crippen molar-refractivity contribution in [2.75, 3.05) is 5.32 Å². The molecule has 0 aliphatic rings. The third kappa shape index (κ3) is 3.12. The first-order valence-corrected chi connectivity index (χ1v) is 8.09. The number of nitrogens with one attached hydrogen (secondary N) is 1. The standard InChI is InChI=1S/C20H15N3O3/c24-19(22-16-8-3-6-14-5-1-2-7-15(14)16)12-23-13-21-17(11-20(23)25)18-9-4-10-26-18/h1-11,13H,12H2,(H,22,24). The fourth-order valence-corrected chi connectivity index (χ4v) is 2.78. The fraction of sp³-hybridized carbons (Fsp3) is 0.0500. The molecule has 1 N–H and O–H groups in total. The Morgan fingerprint density at radius 1 is 1.08 bits per heavy atom. The zero-order valence-corrected chi connectivity index (χ0v) is 13.8. The summed E-state index contributed by atoms with van der Waals surface area (Å²) < 4.78 is 6.48. The first kappa shape index (κ1) is 15.8. The zero-order chi connectivity index (χ0) is 17.9. The van der Waals surface area contributed by atoms with Crippen LogP contribution in [0.5, 0.6) is 0 Å². The Labute approximate surface area is 148 Å². The van der Waals surface area contributed by atoms with E-state index in [2.05, 4.69) is 10.3 Å². The topological polar surface area (TPSA) is 77.1 Å². The van der Waals surface area contributed by atoms with Crippen LogP contribution in [0.3, 0.4) is 0 Å². The highest BCUT2D eigenvalue weighted by Gasteiger charge is 2.10. The maximum Gasteiger partial charge on any atom is 0.254 e. The average molecular weight is 345 g/mol. The number of rotatable bonds is 4. The third-order valence-electron chi connectivity index (χ3n) is 4.03. The maximum absolute atomic E-state index is 12.4. The van der Waals surface area contributed by atoms with Gasteiger partial charge in [0.2, 0.25) is 5.91 Å². The lowest BCUT2D eigenvalue weighted by Crippen LogP contribution is -2.27. The number of aromatic nitrogens is 2. The average Bonchev–Trinajstić information content (AvgIpc) is 3.18. The number of hydrogen-bond acceptors (Lipinski definition) is 4. The van der Waals surface area contributed by atoms with Gasteiger partial charge in [0.25, 0.3) is 5.56 Å². The Morgan fingerprint density at radius 2 is 1.92 bits per heavy atom. The number of carbonyl (C=O) groups is 1. The van der Waals surface area contributed by atoms with E-state index in [4.69, 9.17) is 4.42 Å². The summed E-state index contributed by atoms with van der Waals surface area (Å²) in [4.78, 5) is 28.8. The third-order valence-corrected chi connectivity index (χ3v) is 4.03. The number of furan rings is 1. The van der Waals surface area contributed by atoms with Gasteiger partial charge in [-0.3, -0.25) is 14.2 Å².